The fourth-order valence-electron chi connectivity index (χ4n) is 1.19. The predicted octanol–water partition coefficient (Wildman–Crippen LogP) is 1.21. The summed E-state index contributed by atoms with van der Waals surface area (Å²) in [6.45, 7) is 1.39. The third-order valence-corrected chi connectivity index (χ3v) is 3.07. The molecule has 1 aromatic rings. The molecule has 88 valence electrons. The van der Waals surface area contributed by atoms with E-state index in [1.165, 1.54) is 14.0 Å². The van der Waals surface area contributed by atoms with Gasteiger partial charge in [-0.05, 0) is 12.5 Å². The van der Waals surface area contributed by atoms with Gasteiger partial charge in [0.2, 0.25) is 0 Å². The quantitative estimate of drug-likeness (QED) is 0.779. The molecule has 0 bridgehead atoms. The normalized spacial score (nSPS) is 16.6. The largest absolute Gasteiger partial charge is 0.479 e. The SMILES string of the molecule is CO[SH](=O)=N[C@](C)(C(=O)O)c1ccccc1. The number of carboxylic acids is 1. The van der Waals surface area contributed by atoms with Crippen molar-refractivity contribution in [1.82, 2.24) is 0 Å². The van der Waals surface area contributed by atoms with E-state index in [9.17, 15) is 9.00 Å². The van der Waals surface area contributed by atoms with Gasteiger partial charge in [-0.3, -0.25) is 4.18 Å². The zero-order valence-corrected chi connectivity index (χ0v) is 9.85. The molecular weight excluding hydrogens is 230 g/mol. The second-order valence-corrected chi connectivity index (χ2v) is 4.30. The number of benzene rings is 1. The monoisotopic (exact) mass is 243 g/mol. The smallest absolute Gasteiger partial charge is 0.336 e. The molecule has 0 spiro atoms. The number of aliphatic carboxylic acids is 1. The van der Waals surface area contributed by atoms with Crippen molar-refractivity contribution in [1.29, 1.82) is 0 Å². The van der Waals surface area contributed by atoms with Crippen molar-refractivity contribution < 1.29 is 18.3 Å². The Hall–Kier alpha value is -1.40. The molecule has 0 radical (unpaired) electrons. The lowest BCUT2D eigenvalue weighted by atomic mass is 9.94. The van der Waals surface area contributed by atoms with Crippen LogP contribution in [0.1, 0.15) is 12.5 Å². The van der Waals surface area contributed by atoms with E-state index in [0.29, 0.717) is 5.56 Å². The fraction of sp³-hybridized carbons (Fsp3) is 0.300. The summed E-state index contributed by atoms with van der Waals surface area (Å²) in [7, 11) is -1.11. The molecule has 1 aromatic carbocycles. The Kier molecular flexibility index (Phi) is 4.03. The molecule has 0 fully saturated rings. The highest BCUT2D eigenvalue weighted by Gasteiger charge is 2.35. The Balaban J connectivity index is 3.29. The highest BCUT2D eigenvalue weighted by atomic mass is 32.2. The molecule has 0 aliphatic carbocycles. The lowest BCUT2D eigenvalue weighted by Crippen LogP contribution is -2.30. The van der Waals surface area contributed by atoms with Gasteiger partial charge < -0.3 is 5.11 Å². The molecule has 16 heavy (non-hydrogen) atoms. The van der Waals surface area contributed by atoms with E-state index in [2.05, 4.69) is 8.55 Å². The summed E-state index contributed by atoms with van der Waals surface area (Å²) in [5.41, 5.74) is -1.09. The molecule has 2 atom stereocenters. The number of hydrogen-bond donors (Lipinski definition) is 2. The maximum Gasteiger partial charge on any atom is 0.336 e. The van der Waals surface area contributed by atoms with E-state index in [-0.39, 0.29) is 0 Å². The van der Waals surface area contributed by atoms with Crippen molar-refractivity contribution in [3.63, 3.8) is 0 Å². The minimum Gasteiger partial charge on any atom is -0.479 e. The molecule has 1 unspecified atom stereocenters. The summed E-state index contributed by atoms with van der Waals surface area (Å²) in [5.74, 6) is -1.17. The first-order chi connectivity index (χ1) is 7.50. The average molecular weight is 243 g/mol. The van der Waals surface area contributed by atoms with Crippen LogP contribution in [-0.4, -0.2) is 22.4 Å². The highest BCUT2D eigenvalue weighted by molar-refractivity contribution is 7.69. The van der Waals surface area contributed by atoms with Gasteiger partial charge in [0.05, 0.1) is 7.11 Å². The molecule has 0 saturated heterocycles. The summed E-state index contributed by atoms with van der Waals surface area (Å²) in [6, 6.07) is 8.41. The Morgan fingerprint density at radius 2 is 2.00 bits per heavy atom. The number of thiol groups is 1. The summed E-state index contributed by atoms with van der Waals surface area (Å²) in [5, 5.41) is 9.15. The maximum atomic E-state index is 11.2. The van der Waals surface area contributed by atoms with Crippen LogP contribution in [0.5, 0.6) is 0 Å². The zero-order chi connectivity index (χ0) is 12.2. The molecule has 5 nitrogen and oxygen atoms in total. The van der Waals surface area contributed by atoms with E-state index < -0.39 is 22.4 Å². The van der Waals surface area contributed by atoms with Crippen molar-refractivity contribution in [3.05, 3.63) is 35.9 Å². The minimum atomic E-state index is -2.33. The number of rotatable bonds is 4. The first kappa shape index (κ1) is 12.7. The molecule has 6 heteroatoms. The summed E-state index contributed by atoms with van der Waals surface area (Å²) >= 11 is 0. The van der Waals surface area contributed by atoms with Gasteiger partial charge in [0.25, 0.3) is 0 Å². The van der Waals surface area contributed by atoms with Crippen LogP contribution in [-0.2, 0) is 25.4 Å². The van der Waals surface area contributed by atoms with Gasteiger partial charge in [-0.2, -0.15) is 4.36 Å². The average Bonchev–Trinajstić information content (AvgIpc) is 2.29. The van der Waals surface area contributed by atoms with Crippen LogP contribution in [0, 0.1) is 0 Å². The Labute approximate surface area is 95.5 Å². The number of carbonyl (C=O) groups is 1. The molecule has 1 rings (SSSR count). The van der Waals surface area contributed by atoms with Gasteiger partial charge in [0.15, 0.2) is 16.4 Å². The molecular formula is C10H13NO4S. The third kappa shape index (κ3) is 2.59. The summed E-state index contributed by atoms with van der Waals surface area (Å²) in [6.07, 6.45) is 0. The van der Waals surface area contributed by atoms with Crippen molar-refractivity contribution in [2.45, 2.75) is 12.5 Å². The lowest BCUT2D eigenvalue weighted by molar-refractivity contribution is -0.142. The van der Waals surface area contributed by atoms with Crippen molar-refractivity contribution >= 4 is 16.8 Å². The number of carboxylic acid groups (broad SMARTS) is 1. The number of hydrogen-bond acceptors (Lipinski definition) is 4. The standard InChI is InChI=1S/C10H13NO4S/c1-10(9(12)13,11-16(14)15-2)8-6-4-3-5-7-8/h3-7,16H,1-2H3,(H,12,13)/t10-/m0/s1. The first-order valence-electron chi connectivity index (χ1n) is 4.54. The zero-order valence-electron chi connectivity index (χ0n) is 8.95. The van der Waals surface area contributed by atoms with E-state index in [4.69, 9.17) is 5.11 Å². The molecule has 0 aromatic heterocycles. The molecule has 0 saturated carbocycles. The van der Waals surface area contributed by atoms with Gasteiger partial charge in [-0.15, -0.1) is 0 Å². The van der Waals surface area contributed by atoms with Crippen molar-refractivity contribution in [3.8, 4) is 0 Å². The minimum absolute atomic E-state index is 0.461. The van der Waals surface area contributed by atoms with Crippen LogP contribution >= 0.6 is 0 Å². The van der Waals surface area contributed by atoms with Crippen molar-refractivity contribution in [2.75, 3.05) is 7.11 Å². The predicted molar refractivity (Wildman–Crippen MR) is 60.4 cm³/mol. The molecule has 0 aliphatic rings. The van der Waals surface area contributed by atoms with Crippen LogP contribution in [0.15, 0.2) is 34.7 Å². The Morgan fingerprint density at radius 3 is 2.44 bits per heavy atom. The van der Waals surface area contributed by atoms with Gasteiger partial charge in [0, 0.05) is 0 Å². The molecule has 0 heterocycles. The van der Waals surface area contributed by atoms with Gasteiger partial charge in [0.1, 0.15) is 0 Å². The Morgan fingerprint density at radius 1 is 1.44 bits per heavy atom. The van der Waals surface area contributed by atoms with Crippen LogP contribution in [0.3, 0.4) is 0 Å². The number of nitrogens with zero attached hydrogens (tertiary/aromatic N) is 1. The highest BCUT2D eigenvalue weighted by Crippen LogP contribution is 2.25. The van der Waals surface area contributed by atoms with Gasteiger partial charge in [-0.25, -0.2) is 9.00 Å². The lowest BCUT2D eigenvalue weighted by Gasteiger charge is -2.19. The third-order valence-electron chi connectivity index (χ3n) is 2.19. The van der Waals surface area contributed by atoms with Crippen LogP contribution < -0.4 is 0 Å². The second kappa shape index (κ2) is 5.09. The molecule has 1 N–H and O–H groups in total. The van der Waals surface area contributed by atoms with Crippen LogP contribution in [0.4, 0.5) is 0 Å². The van der Waals surface area contributed by atoms with Crippen LogP contribution in [0.2, 0.25) is 0 Å². The first-order valence-corrected chi connectivity index (χ1v) is 5.67. The topological polar surface area (TPSA) is 76.0 Å². The van der Waals surface area contributed by atoms with Crippen LogP contribution in [0.25, 0.3) is 0 Å². The van der Waals surface area contributed by atoms with E-state index in [1.54, 1.807) is 30.3 Å². The van der Waals surface area contributed by atoms with E-state index >= 15 is 0 Å². The van der Waals surface area contributed by atoms with Crippen molar-refractivity contribution in [2.24, 2.45) is 4.36 Å². The second-order valence-electron chi connectivity index (χ2n) is 3.26. The van der Waals surface area contributed by atoms with E-state index in [1.807, 2.05) is 0 Å². The molecule has 0 amide bonds. The Bertz CT molecular complexity index is 453. The fourth-order valence-corrected chi connectivity index (χ4v) is 1.80. The van der Waals surface area contributed by atoms with E-state index in [0.717, 1.165) is 0 Å². The van der Waals surface area contributed by atoms with Gasteiger partial charge >= 0.3 is 5.97 Å². The maximum absolute atomic E-state index is 11.2. The molecule has 0 aliphatic heterocycles. The van der Waals surface area contributed by atoms with Gasteiger partial charge in [-0.1, -0.05) is 30.3 Å². The summed E-state index contributed by atoms with van der Waals surface area (Å²) in [4.78, 5) is 11.2. The summed E-state index contributed by atoms with van der Waals surface area (Å²) < 4.78 is 19.4.